The van der Waals surface area contributed by atoms with Crippen LogP contribution < -0.4 is 5.14 Å². The molecule has 0 fully saturated rings. The summed E-state index contributed by atoms with van der Waals surface area (Å²) >= 11 is 0. The first-order valence-electron chi connectivity index (χ1n) is 7.43. The SMILES string of the molecule is Cc1cncc(C2=C(c3cc(F)c(S(N)(=O)=O)c(F)c3)CCC2)c1. The highest BCUT2D eigenvalue weighted by Gasteiger charge is 2.24. The normalized spacial score (nSPS) is 15.2. The number of aryl methyl sites for hydroxylation is 1. The third-order valence-electron chi connectivity index (χ3n) is 4.07. The van der Waals surface area contributed by atoms with Crippen molar-refractivity contribution in [2.75, 3.05) is 0 Å². The summed E-state index contributed by atoms with van der Waals surface area (Å²) in [6.07, 6.45) is 5.76. The van der Waals surface area contributed by atoms with Gasteiger partial charge < -0.3 is 0 Å². The van der Waals surface area contributed by atoms with E-state index in [4.69, 9.17) is 5.14 Å². The van der Waals surface area contributed by atoms with Gasteiger partial charge in [0, 0.05) is 12.4 Å². The minimum absolute atomic E-state index is 0.339. The Morgan fingerprint density at radius 2 is 1.58 bits per heavy atom. The lowest BCUT2D eigenvalue weighted by molar-refractivity contribution is 0.519. The number of hydrogen-bond acceptors (Lipinski definition) is 3. The van der Waals surface area contributed by atoms with Crippen LogP contribution in [0.3, 0.4) is 0 Å². The van der Waals surface area contributed by atoms with Crippen molar-refractivity contribution in [2.45, 2.75) is 31.1 Å². The van der Waals surface area contributed by atoms with Crippen LogP contribution >= 0.6 is 0 Å². The van der Waals surface area contributed by atoms with Crippen molar-refractivity contribution in [3.63, 3.8) is 0 Å². The number of hydrogen-bond donors (Lipinski definition) is 1. The number of sulfonamides is 1. The van der Waals surface area contributed by atoms with Crippen molar-refractivity contribution >= 4 is 21.2 Å². The van der Waals surface area contributed by atoms with Crippen LogP contribution in [0.2, 0.25) is 0 Å². The number of pyridine rings is 1. The lowest BCUT2D eigenvalue weighted by Gasteiger charge is -2.11. The minimum atomic E-state index is -4.45. The van der Waals surface area contributed by atoms with Crippen LogP contribution in [0.25, 0.3) is 11.1 Å². The zero-order chi connectivity index (χ0) is 17.5. The number of halogens is 2. The molecule has 7 heteroatoms. The smallest absolute Gasteiger partial charge is 0.243 e. The van der Waals surface area contributed by atoms with Gasteiger partial charge in [-0.3, -0.25) is 4.98 Å². The van der Waals surface area contributed by atoms with E-state index < -0.39 is 26.6 Å². The van der Waals surface area contributed by atoms with Crippen LogP contribution in [0.1, 0.15) is 36.0 Å². The Bertz CT molecular complexity index is 930. The van der Waals surface area contributed by atoms with Gasteiger partial charge in [0.05, 0.1) is 0 Å². The fourth-order valence-corrected chi connectivity index (χ4v) is 3.77. The molecule has 0 amide bonds. The number of nitrogens with two attached hydrogens (primary N) is 1. The minimum Gasteiger partial charge on any atom is -0.264 e. The lowest BCUT2D eigenvalue weighted by Crippen LogP contribution is -2.16. The predicted octanol–water partition coefficient (Wildman–Crippen LogP) is 3.41. The van der Waals surface area contributed by atoms with E-state index in [1.807, 2.05) is 13.0 Å². The highest BCUT2D eigenvalue weighted by Crippen LogP contribution is 2.40. The Kier molecular flexibility index (Phi) is 4.23. The molecule has 1 aliphatic rings. The van der Waals surface area contributed by atoms with Gasteiger partial charge in [-0.05, 0) is 72.2 Å². The second kappa shape index (κ2) is 6.07. The molecule has 3 rings (SSSR count). The molecule has 0 spiro atoms. The molecule has 0 unspecified atom stereocenters. The fraction of sp³-hybridized carbons (Fsp3) is 0.235. The summed E-state index contributed by atoms with van der Waals surface area (Å²) in [5.41, 5.74) is 4.04. The zero-order valence-corrected chi connectivity index (χ0v) is 13.8. The molecule has 2 N–H and O–H groups in total. The number of rotatable bonds is 3. The molecule has 0 saturated carbocycles. The summed E-state index contributed by atoms with van der Waals surface area (Å²) in [6, 6.07) is 4.04. The predicted molar refractivity (Wildman–Crippen MR) is 87.4 cm³/mol. The topological polar surface area (TPSA) is 73.0 Å². The second-order valence-electron chi connectivity index (χ2n) is 5.88. The van der Waals surface area contributed by atoms with Gasteiger partial charge in [-0.25, -0.2) is 22.3 Å². The zero-order valence-electron chi connectivity index (χ0n) is 13.0. The first kappa shape index (κ1) is 16.7. The summed E-state index contributed by atoms with van der Waals surface area (Å²) in [7, 11) is -4.45. The van der Waals surface area contributed by atoms with Gasteiger partial charge >= 0.3 is 0 Å². The van der Waals surface area contributed by atoms with Gasteiger partial charge in [0.25, 0.3) is 0 Å². The summed E-state index contributed by atoms with van der Waals surface area (Å²) in [4.78, 5) is 3.07. The number of nitrogens with zero attached hydrogens (tertiary/aromatic N) is 1. The standard InChI is InChI=1S/C17H16F2N2O2S/c1-10-5-12(9-21-8-10)14-4-2-3-13(14)11-6-15(18)17(16(19)7-11)24(20,22)23/h5-9H,2-4H2,1H3,(H2,20,22,23). The average molecular weight is 350 g/mol. The van der Waals surface area contributed by atoms with Crippen LogP contribution in [-0.4, -0.2) is 13.4 Å². The average Bonchev–Trinajstić information content (AvgIpc) is 2.94. The molecular formula is C17H16F2N2O2S. The monoisotopic (exact) mass is 350 g/mol. The number of aromatic nitrogens is 1. The van der Waals surface area contributed by atoms with E-state index in [0.29, 0.717) is 12.0 Å². The third-order valence-corrected chi connectivity index (χ3v) is 5.03. The van der Waals surface area contributed by atoms with E-state index in [1.165, 1.54) is 0 Å². The lowest BCUT2D eigenvalue weighted by atomic mass is 9.97. The quantitative estimate of drug-likeness (QED) is 0.922. The van der Waals surface area contributed by atoms with Crippen LogP contribution in [0.5, 0.6) is 0 Å². The highest BCUT2D eigenvalue weighted by molar-refractivity contribution is 7.89. The third kappa shape index (κ3) is 3.09. The van der Waals surface area contributed by atoms with Crippen LogP contribution in [0, 0.1) is 18.6 Å². The van der Waals surface area contributed by atoms with Crippen molar-refractivity contribution in [3.8, 4) is 0 Å². The van der Waals surface area contributed by atoms with Crippen LogP contribution in [0.4, 0.5) is 8.78 Å². The first-order valence-corrected chi connectivity index (χ1v) is 8.98. The summed E-state index contributed by atoms with van der Waals surface area (Å²) in [6.45, 7) is 1.92. The number of allylic oxidation sites excluding steroid dienone is 2. The van der Waals surface area contributed by atoms with E-state index in [-0.39, 0.29) is 0 Å². The molecule has 1 aromatic carbocycles. The second-order valence-corrected chi connectivity index (χ2v) is 7.37. The Morgan fingerprint density at radius 1 is 1.00 bits per heavy atom. The fourth-order valence-electron chi connectivity index (χ4n) is 3.11. The summed E-state index contributed by atoms with van der Waals surface area (Å²) in [5.74, 6) is -2.35. The maximum Gasteiger partial charge on any atom is 0.243 e. The molecule has 0 bridgehead atoms. The van der Waals surface area contributed by atoms with Crippen molar-refractivity contribution in [1.29, 1.82) is 0 Å². The van der Waals surface area contributed by atoms with E-state index in [2.05, 4.69) is 4.98 Å². The maximum absolute atomic E-state index is 14.1. The molecule has 1 aromatic heterocycles. The summed E-state index contributed by atoms with van der Waals surface area (Å²) in [5, 5.41) is 4.87. The molecule has 2 aromatic rings. The summed E-state index contributed by atoms with van der Waals surface area (Å²) < 4.78 is 50.9. The molecule has 0 atom stereocenters. The van der Waals surface area contributed by atoms with Gasteiger partial charge in [-0.2, -0.15) is 0 Å². The van der Waals surface area contributed by atoms with Gasteiger partial charge in [-0.1, -0.05) is 0 Å². The molecule has 1 heterocycles. The molecule has 24 heavy (non-hydrogen) atoms. The molecule has 0 saturated heterocycles. The maximum atomic E-state index is 14.1. The Labute approximate surface area is 139 Å². The molecule has 0 radical (unpaired) electrons. The van der Waals surface area contributed by atoms with Gasteiger partial charge in [-0.15, -0.1) is 0 Å². The molecule has 1 aliphatic carbocycles. The van der Waals surface area contributed by atoms with Crippen molar-refractivity contribution in [1.82, 2.24) is 4.98 Å². The Morgan fingerprint density at radius 3 is 2.12 bits per heavy atom. The Balaban J connectivity index is 2.16. The van der Waals surface area contributed by atoms with Crippen LogP contribution in [0.15, 0.2) is 35.5 Å². The van der Waals surface area contributed by atoms with Gasteiger partial charge in [0.1, 0.15) is 11.6 Å². The molecular weight excluding hydrogens is 334 g/mol. The molecule has 0 aliphatic heterocycles. The largest absolute Gasteiger partial charge is 0.264 e. The Hall–Kier alpha value is -2.12. The van der Waals surface area contributed by atoms with E-state index in [9.17, 15) is 17.2 Å². The van der Waals surface area contributed by atoms with Crippen molar-refractivity contribution < 1.29 is 17.2 Å². The first-order chi connectivity index (χ1) is 11.3. The molecule has 4 nitrogen and oxygen atoms in total. The number of benzene rings is 1. The number of primary sulfonamides is 1. The van der Waals surface area contributed by atoms with E-state index >= 15 is 0 Å². The van der Waals surface area contributed by atoms with E-state index in [1.54, 1.807) is 12.4 Å². The van der Waals surface area contributed by atoms with Crippen molar-refractivity contribution in [2.24, 2.45) is 5.14 Å². The van der Waals surface area contributed by atoms with Gasteiger partial charge in [0.15, 0.2) is 4.90 Å². The van der Waals surface area contributed by atoms with Crippen LogP contribution in [-0.2, 0) is 10.0 Å². The highest BCUT2D eigenvalue weighted by atomic mass is 32.2. The van der Waals surface area contributed by atoms with Crippen molar-refractivity contribution in [3.05, 3.63) is 58.9 Å². The molecule has 126 valence electrons. The van der Waals surface area contributed by atoms with E-state index in [0.717, 1.165) is 47.2 Å². The van der Waals surface area contributed by atoms with Gasteiger partial charge in [0.2, 0.25) is 10.0 Å².